The average molecular weight is 535 g/mol. The predicted molar refractivity (Wildman–Crippen MR) is 128 cm³/mol. The van der Waals surface area contributed by atoms with Crippen molar-refractivity contribution < 1.29 is 41.0 Å². The summed E-state index contributed by atoms with van der Waals surface area (Å²) < 4.78 is 74.7. The maximum Gasteiger partial charge on any atom is 0.573 e. The lowest BCUT2D eigenvalue weighted by Crippen LogP contribution is -2.24. The van der Waals surface area contributed by atoms with E-state index in [0.717, 1.165) is 31.4 Å². The molecule has 38 heavy (non-hydrogen) atoms. The van der Waals surface area contributed by atoms with E-state index in [4.69, 9.17) is 4.74 Å². The standard InChI is InChI=1S/C26H22F5N3O4/c27-20-10-8-17(13-23(20)38-26(29,30)31)33-25(36)34-22-11-9-19(14-21(22)28)37-18-5-3-1-2-4-16(12-18)32-24(35)15-6-7-15/h1,3,5,8-15H,2,4,6-7H2,(H,32,35)(H2,33,34,36). The summed E-state index contributed by atoms with van der Waals surface area (Å²) in [5, 5.41) is 7.29. The van der Waals surface area contributed by atoms with E-state index in [1.54, 1.807) is 18.2 Å². The molecule has 4 rings (SSSR count). The lowest BCUT2D eigenvalue weighted by Gasteiger charge is -2.14. The zero-order valence-electron chi connectivity index (χ0n) is 19.7. The third-order valence-electron chi connectivity index (χ3n) is 5.36. The molecule has 3 amide bonds. The van der Waals surface area contributed by atoms with Crippen molar-refractivity contribution in [2.24, 2.45) is 5.92 Å². The molecule has 0 bridgehead atoms. The molecule has 0 unspecified atom stereocenters. The van der Waals surface area contributed by atoms with Gasteiger partial charge in [0.15, 0.2) is 11.6 Å². The van der Waals surface area contributed by atoms with Crippen molar-refractivity contribution in [3.05, 3.63) is 83.8 Å². The largest absolute Gasteiger partial charge is 0.573 e. The molecule has 0 radical (unpaired) electrons. The van der Waals surface area contributed by atoms with Gasteiger partial charge in [0.2, 0.25) is 5.91 Å². The van der Waals surface area contributed by atoms with Gasteiger partial charge in [-0.15, -0.1) is 13.2 Å². The van der Waals surface area contributed by atoms with Gasteiger partial charge < -0.3 is 25.4 Å². The molecule has 2 aromatic carbocycles. The van der Waals surface area contributed by atoms with Crippen LogP contribution in [0, 0.1) is 17.6 Å². The molecule has 1 fully saturated rings. The minimum atomic E-state index is -5.13. The minimum Gasteiger partial charge on any atom is -0.457 e. The molecule has 12 heteroatoms. The van der Waals surface area contributed by atoms with Crippen LogP contribution in [0.5, 0.6) is 11.5 Å². The number of hydrogen-bond donors (Lipinski definition) is 3. The number of anilines is 2. The summed E-state index contributed by atoms with van der Waals surface area (Å²) in [6.07, 6.45) is 4.96. The van der Waals surface area contributed by atoms with Gasteiger partial charge in [0.25, 0.3) is 0 Å². The SMILES string of the molecule is O=C(Nc1ccc(F)c(OC(F)(F)F)c1)Nc1ccc(OC2=CC=CCCC(NC(=O)C3CC3)=C2)cc1F. The van der Waals surface area contributed by atoms with Crippen molar-refractivity contribution >= 4 is 23.3 Å². The molecule has 2 aliphatic carbocycles. The Hall–Kier alpha value is -4.35. The van der Waals surface area contributed by atoms with Gasteiger partial charge in [-0.2, -0.15) is 0 Å². The number of rotatable bonds is 7. The van der Waals surface area contributed by atoms with E-state index in [2.05, 4.69) is 20.7 Å². The van der Waals surface area contributed by atoms with Crippen LogP contribution in [-0.2, 0) is 4.79 Å². The molecule has 0 spiro atoms. The van der Waals surface area contributed by atoms with Crippen molar-refractivity contribution in [1.29, 1.82) is 0 Å². The van der Waals surface area contributed by atoms with Crippen molar-refractivity contribution in [1.82, 2.24) is 5.32 Å². The fraction of sp³-hybridized carbons (Fsp3) is 0.231. The van der Waals surface area contributed by atoms with E-state index in [9.17, 15) is 31.5 Å². The molecule has 0 atom stereocenters. The number of benzene rings is 2. The number of allylic oxidation sites excluding steroid dienone is 5. The molecule has 2 aromatic rings. The van der Waals surface area contributed by atoms with Crippen LogP contribution >= 0.6 is 0 Å². The van der Waals surface area contributed by atoms with Crippen LogP contribution < -0.4 is 25.4 Å². The Bertz CT molecular complexity index is 1320. The molecular formula is C26H22F5N3O4. The van der Waals surface area contributed by atoms with Crippen molar-refractivity contribution in [2.75, 3.05) is 10.6 Å². The first-order chi connectivity index (χ1) is 18.1. The Balaban J connectivity index is 1.39. The van der Waals surface area contributed by atoms with Crippen LogP contribution in [0.1, 0.15) is 25.7 Å². The normalized spacial score (nSPS) is 15.4. The number of halogens is 5. The van der Waals surface area contributed by atoms with Gasteiger partial charge >= 0.3 is 12.4 Å². The Morgan fingerprint density at radius 1 is 0.947 bits per heavy atom. The molecule has 0 aliphatic heterocycles. The van der Waals surface area contributed by atoms with Crippen molar-refractivity contribution in [2.45, 2.75) is 32.0 Å². The van der Waals surface area contributed by atoms with Crippen LogP contribution in [0.2, 0.25) is 0 Å². The first-order valence-corrected chi connectivity index (χ1v) is 11.5. The number of carbonyl (C=O) groups is 2. The molecule has 0 heterocycles. The number of hydrogen-bond acceptors (Lipinski definition) is 4. The molecule has 7 nitrogen and oxygen atoms in total. The summed E-state index contributed by atoms with van der Waals surface area (Å²) in [5.41, 5.74) is 0.213. The van der Waals surface area contributed by atoms with Gasteiger partial charge in [0.1, 0.15) is 17.3 Å². The number of alkyl halides is 3. The quantitative estimate of drug-likeness (QED) is 0.352. The van der Waals surface area contributed by atoms with Crippen LogP contribution in [0.3, 0.4) is 0 Å². The Kier molecular flexibility index (Phi) is 7.99. The summed E-state index contributed by atoms with van der Waals surface area (Å²) in [5.74, 6) is -2.79. The Morgan fingerprint density at radius 2 is 1.74 bits per heavy atom. The topological polar surface area (TPSA) is 88.7 Å². The Morgan fingerprint density at radius 3 is 2.45 bits per heavy atom. The number of urea groups is 1. The van der Waals surface area contributed by atoms with Crippen LogP contribution in [0.15, 0.2) is 72.2 Å². The van der Waals surface area contributed by atoms with Gasteiger partial charge in [-0.05, 0) is 56.0 Å². The third-order valence-corrected chi connectivity index (χ3v) is 5.36. The van der Waals surface area contributed by atoms with E-state index < -0.39 is 29.8 Å². The summed E-state index contributed by atoms with van der Waals surface area (Å²) >= 11 is 0. The highest BCUT2D eigenvalue weighted by Crippen LogP contribution is 2.30. The van der Waals surface area contributed by atoms with Gasteiger partial charge in [-0.3, -0.25) is 4.79 Å². The highest BCUT2D eigenvalue weighted by atomic mass is 19.4. The van der Waals surface area contributed by atoms with Gasteiger partial charge in [0, 0.05) is 35.5 Å². The lowest BCUT2D eigenvalue weighted by molar-refractivity contribution is -0.275. The lowest BCUT2D eigenvalue weighted by atomic mass is 10.1. The second-order valence-corrected chi connectivity index (χ2v) is 8.48. The van der Waals surface area contributed by atoms with E-state index in [1.165, 1.54) is 12.1 Å². The van der Waals surface area contributed by atoms with Crippen LogP contribution in [-0.4, -0.2) is 18.3 Å². The van der Waals surface area contributed by atoms with E-state index in [1.807, 2.05) is 6.08 Å². The first-order valence-electron chi connectivity index (χ1n) is 11.5. The first kappa shape index (κ1) is 26.7. The van der Waals surface area contributed by atoms with Gasteiger partial charge in [-0.25, -0.2) is 13.6 Å². The van der Waals surface area contributed by atoms with Crippen LogP contribution in [0.25, 0.3) is 0 Å². The number of carbonyl (C=O) groups excluding carboxylic acids is 2. The third kappa shape index (κ3) is 7.82. The maximum atomic E-state index is 14.7. The minimum absolute atomic E-state index is 0.0369. The number of amides is 3. The molecule has 0 aromatic heterocycles. The van der Waals surface area contributed by atoms with Crippen LogP contribution in [0.4, 0.5) is 38.1 Å². The summed E-state index contributed by atoms with van der Waals surface area (Å²) in [4.78, 5) is 24.4. The average Bonchev–Trinajstić information content (AvgIpc) is 3.65. The highest BCUT2D eigenvalue weighted by Gasteiger charge is 2.32. The fourth-order valence-electron chi connectivity index (χ4n) is 3.42. The molecule has 3 N–H and O–H groups in total. The number of ether oxygens (including phenoxy) is 2. The van der Waals surface area contributed by atoms with Crippen molar-refractivity contribution in [3.63, 3.8) is 0 Å². The van der Waals surface area contributed by atoms with E-state index in [-0.39, 0.29) is 28.9 Å². The summed E-state index contributed by atoms with van der Waals surface area (Å²) in [6, 6.07) is 4.99. The molecule has 0 saturated heterocycles. The second-order valence-electron chi connectivity index (χ2n) is 8.48. The summed E-state index contributed by atoms with van der Waals surface area (Å²) in [7, 11) is 0. The smallest absolute Gasteiger partial charge is 0.457 e. The maximum absolute atomic E-state index is 14.7. The molecule has 2 aliphatic rings. The molecule has 200 valence electrons. The molecule has 1 saturated carbocycles. The van der Waals surface area contributed by atoms with Crippen molar-refractivity contribution in [3.8, 4) is 11.5 Å². The highest BCUT2D eigenvalue weighted by molar-refractivity contribution is 6.00. The number of nitrogens with one attached hydrogen (secondary N) is 3. The van der Waals surface area contributed by atoms with Gasteiger partial charge in [-0.1, -0.05) is 12.2 Å². The Labute approximate surface area is 214 Å². The second kappa shape index (κ2) is 11.4. The zero-order valence-corrected chi connectivity index (χ0v) is 19.7. The van der Waals surface area contributed by atoms with Gasteiger partial charge in [0.05, 0.1) is 5.69 Å². The van der Waals surface area contributed by atoms with E-state index in [0.29, 0.717) is 30.0 Å². The predicted octanol–water partition coefficient (Wildman–Crippen LogP) is 6.53. The molecular weight excluding hydrogens is 513 g/mol. The monoisotopic (exact) mass is 535 g/mol. The fourth-order valence-corrected chi connectivity index (χ4v) is 3.42. The van der Waals surface area contributed by atoms with E-state index >= 15 is 0 Å². The summed E-state index contributed by atoms with van der Waals surface area (Å²) in [6.45, 7) is 0. The zero-order chi connectivity index (χ0) is 27.3.